The molecule has 1 heterocycles. The molecule has 5 nitrogen and oxygen atoms in total. The molecule has 0 radical (unpaired) electrons. The molecular formula is C18H24F2IN3O2S. The van der Waals surface area contributed by atoms with Gasteiger partial charge in [-0.3, -0.25) is 4.99 Å². The van der Waals surface area contributed by atoms with Crippen LogP contribution >= 0.6 is 35.3 Å². The lowest BCUT2D eigenvalue weighted by Gasteiger charge is -2.15. The zero-order valence-corrected chi connectivity index (χ0v) is 18.4. The largest absolute Gasteiger partial charge is 0.493 e. The Bertz CT molecular complexity index is 700. The van der Waals surface area contributed by atoms with Gasteiger partial charge in [-0.2, -0.15) is 20.1 Å². The lowest BCUT2D eigenvalue weighted by atomic mass is 10.2. The minimum atomic E-state index is -2.90. The second kappa shape index (κ2) is 12.7. The summed E-state index contributed by atoms with van der Waals surface area (Å²) in [6.45, 7) is 0.521. The number of aliphatic imine (C=N–C) groups is 1. The second-order valence-electron chi connectivity index (χ2n) is 5.41. The summed E-state index contributed by atoms with van der Waals surface area (Å²) < 4.78 is 35.5. The fraction of sp³-hybridized carbons (Fsp3) is 0.389. The molecule has 2 rings (SSSR count). The lowest BCUT2D eigenvalue weighted by molar-refractivity contribution is -0.0505. The van der Waals surface area contributed by atoms with Gasteiger partial charge in [-0.1, -0.05) is 6.92 Å². The Kier molecular flexibility index (Phi) is 11.0. The van der Waals surface area contributed by atoms with Gasteiger partial charge in [0.1, 0.15) is 11.5 Å². The predicted octanol–water partition coefficient (Wildman–Crippen LogP) is 4.62. The Morgan fingerprint density at radius 1 is 1.22 bits per heavy atom. The lowest BCUT2D eigenvalue weighted by Crippen LogP contribution is -2.36. The van der Waals surface area contributed by atoms with E-state index in [-0.39, 0.29) is 29.7 Å². The van der Waals surface area contributed by atoms with Crippen LogP contribution in [-0.4, -0.2) is 26.2 Å². The van der Waals surface area contributed by atoms with Crippen molar-refractivity contribution in [3.05, 3.63) is 46.2 Å². The predicted molar refractivity (Wildman–Crippen MR) is 116 cm³/mol. The highest BCUT2D eigenvalue weighted by Crippen LogP contribution is 2.26. The average Bonchev–Trinajstić information content (AvgIpc) is 3.14. The number of rotatable bonds is 9. The van der Waals surface area contributed by atoms with E-state index in [1.807, 2.05) is 23.8 Å². The zero-order valence-electron chi connectivity index (χ0n) is 15.2. The molecular weight excluding hydrogens is 487 g/mol. The standard InChI is InChI=1S/C18H23F2N3O2S.HI/c1-3-7-24-15-5-4-14(16(9-15)25-17(19)20)11-23-18(21-2)22-10-13-6-8-26-12-13;/h4-6,8-9,12,17H,3,7,10-11H2,1-2H3,(H2,21,22,23);1H. The van der Waals surface area contributed by atoms with Crippen molar-refractivity contribution >= 4 is 41.3 Å². The summed E-state index contributed by atoms with van der Waals surface area (Å²) in [5.74, 6) is 1.17. The molecule has 0 spiro atoms. The van der Waals surface area contributed by atoms with Crippen molar-refractivity contribution < 1.29 is 18.3 Å². The molecule has 0 atom stereocenters. The molecule has 0 bridgehead atoms. The first-order valence-corrected chi connectivity index (χ1v) is 9.22. The van der Waals surface area contributed by atoms with E-state index in [1.54, 1.807) is 30.5 Å². The van der Waals surface area contributed by atoms with Crippen molar-refractivity contribution in [3.63, 3.8) is 0 Å². The maximum absolute atomic E-state index is 12.7. The number of thiophene rings is 1. The maximum Gasteiger partial charge on any atom is 0.387 e. The van der Waals surface area contributed by atoms with E-state index in [4.69, 9.17) is 4.74 Å². The van der Waals surface area contributed by atoms with E-state index in [1.165, 1.54) is 6.07 Å². The summed E-state index contributed by atoms with van der Waals surface area (Å²) >= 11 is 1.62. The fourth-order valence-corrected chi connectivity index (χ4v) is 2.84. The first-order chi connectivity index (χ1) is 12.6. The number of ether oxygens (including phenoxy) is 2. The summed E-state index contributed by atoms with van der Waals surface area (Å²) in [6.07, 6.45) is 0.834. The van der Waals surface area contributed by atoms with Crippen LogP contribution in [0.4, 0.5) is 8.78 Å². The number of hydrogen-bond acceptors (Lipinski definition) is 4. The van der Waals surface area contributed by atoms with Gasteiger partial charge in [-0.25, -0.2) is 0 Å². The van der Waals surface area contributed by atoms with Crippen LogP contribution in [0, 0.1) is 0 Å². The van der Waals surface area contributed by atoms with Gasteiger partial charge in [0.05, 0.1) is 6.61 Å². The monoisotopic (exact) mass is 511 g/mol. The summed E-state index contributed by atoms with van der Waals surface area (Å²) in [6, 6.07) is 6.96. The maximum atomic E-state index is 12.7. The van der Waals surface area contributed by atoms with Gasteiger partial charge in [0, 0.05) is 31.8 Å². The van der Waals surface area contributed by atoms with Gasteiger partial charge in [0.2, 0.25) is 0 Å². The van der Waals surface area contributed by atoms with Crippen LogP contribution in [0.2, 0.25) is 0 Å². The Hall–Kier alpha value is -1.62. The third-order valence-electron chi connectivity index (χ3n) is 3.44. The Balaban J connectivity index is 0.00000364. The molecule has 0 aliphatic heterocycles. The van der Waals surface area contributed by atoms with Gasteiger partial charge < -0.3 is 20.1 Å². The molecule has 0 aliphatic carbocycles. The average molecular weight is 511 g/mol. The highest BCUT2D eigenvalue weighted by Gasteiger charge is 2.12. The smallest absolute Gasteiger partial charge is 0.387 e. The van der Waals surface area contributed by atoms with Crippen LogP contribution in [0.1, 0.15) is 24.5 Å². The Morgan fingerprint density at radius 3 is 2.63 bits per heavy atom. The second-order valence-corrected chi connectivity index (χ2v) is 6.19. The van der Waals surface area contributed by atoms with E-state index < -0.39 is 6.61 Å². The molecule has 0 saturated heterocycles. The third kappa shape index (κ3) is 8.29. The molecule has 0 aliphatic rings. The summed E-state index contributed by atoms with van der Waals surface area (Å²) in [5.41, 5.74) is 1.74. The molecule has 0 saturated carbocycles. The van der Waals surface area contributed by atoms with Gasteiger partial charge >= 0.3 is 6.61 Å². The topological polar surface area (TPSA) is 54.9 Å². The number of halogens is 3. The molecule has 0 amide bonds. The molecule has 1 aromatic heterocycles. The zero-order chi connectivity index (χ0) is 18.8. The van der Waals surface area contributed by atoms with Crippen LogP contribution in [0.15, 0.2) is 40.0 Å². The Morgan fingerprint density at radius 2 is 2.00 bits per heavy atom. The van der Waals surface area contributed by atoms with Crippen molar-refractivity contribution in [3.8, 4) is 11.5 Å². The van der Waals surface area contributed by atoms with Crippen LogP contribution in [-0.2, 0) is 13.1 Å². The van der Waals surface area contributed by atoms with Gasteiger partial charge in [0.25, 0.3) is 0 Å². The minimum absolute atomic E-state index is 0. The van der Waals surface area contributed by atoms with Crippen LogP contribution in [0.3, 0.4) is 0 Å². The molecule has 2 N–H and O–H groups in total. The van der Waals surface area contributed by atoms with Gasteiger partial charge in [-0.15, -0.1) is 24.0 Å². The van der Waals surface area contributed by atoms with E-state index in [9.17, 15) is 8.78 Å². The number of alkyl halides is 2. The number of benzene rings is 1. The van der Waals surface area contributed by atoms with Gasteiger partial charge in [0.15, 0.2) is 5.96 Å². The highest BCUT2D eigenvalue weighted by molar-refractivity contribution is 14.0. The molecule has 150 valence electrons. The van der Waals surface area contributed by atoms with Crippen molar-refractivity contribution in [2.45, 2.75) is 33.0 Å². The van der Waals surface area contributed by atoms with Crippen LogP contribution in [0.25, 0.3) is 0 Å². The first-order valence-electron chi connectivity index (χ1n) is 8.28. The van der Waals surface area contributed by atoms with Gasteiger partial charge in [-0.05, 0) is 40.9 Å². The molecule has 27 heavy (non-hydrogen) atoms. The minimum Gasteiger partial charge on any atom is -0.493 e. The van der Waals surface area contributed by atoms with Crippen LogP contribution in [0.5, 0.6) is 11.5 Å². The van der Waals surface area contributed by atoms with Crippen molar-refractivity contribution in [1.29, 1.82) is 0 Å². The number of nitrogens with one attached hydrogen (secondary N) is 2. The Labute approximate surface area is 179 Å². The number of guanidine groups is 1. The third-order valence-corrected chi connectivity index (χ3v) is 4.17. The number of nitrogens with zero attached hydrogens (tertiary/aromatic N) is 1. The van der Waals surface area contributed by atoms with E-state index in [0.29, 0.717) is 37.0 Å². The SMILES string of the molecule is CCCOc1ccc(CNC(=NC)NCc2ccsc2)c(OC(F)F)c1.I. The highest BCUT2D eigenvalue weighted by atomic mass is 127. The molecule has 2 aromatic rings. The van der Waals surface area contributed by atoms with Crippen molar-refractivity contribution in [2.75, 3.05) is 13.7 Å². The molecule has 9 heteroatoms. The van der Waals surface area contributed by atoms with Crippen LogP contribution < -0.4 is 20.1 Å². The first kappa shape index (κ1) is 23.4. The van der Waals surface area contributed by atoms with Crippen molar-refractivity contribution in [2.24, 2.45) is 4.99 Å². The molecule has 0 unspecified atom stereocenters. The molecule has 1 aromatic carbocycles. The number of hydrogen-bond donors (Lipinski definition) is 2. The summed E-state index contributed by atoms with van der Waals surface area (Å²) in [5, 5.41) is 10.3. The fourth-order valence-electron chi connectivity index (χ4n) is 2.17. The van der Waals surface area contributed by atoms with Crippen molar-refractivity contribution in [1.82, 2.24) is 10.6 Å². The summed E-state index contributed by atoms with van der Waals surface area (Å²) in [4.78, 5) is 4.14. The van der Waals surface area contributed by atoms with E-state index in [0.717, 1.165) is 12.0 Å². The summed E-state index contributed by atoms with van der Waals surface area (Å²) in [7, 11) is 1.65. The van der Waals surface area contributed by atoms with E-state index in [2.05, 4.69) is 20.4 Å². The normalized spacial score (nSPS) is 11.1. The molecule has 0 fully saturated rings. The van der Waals surface area contributed by atoms with E-state index >= 15 is 0 Å². The quantitative estimate of drug-likeness (QED) is 0.293.